The molecule has 1 heterocycles. The molecular formula is C15H20ClNO2. The van der Waals surface area contributed by atoms with Crippen molar-refractivity contribution in [3.8, 4) is 0 Å². The van der Waals surface area contributed by atoms with Crippen molar-refractivity contribution in [3.05, 3.63) is 34.9 Å². The van der Waals surface area contributed by atoms with E-state index >= 15 is 0 Å². The summed E-state index contributed by atoms with van der Waals surface area (Å²) in [6.07, 6.45) is 0. The number of hydrogen-bond donors (Lipinski definition) is 1. The second kappa shape index (κ2) is 5.93. The van der Waals surface area contributed by atoms with Gasteiger partial charge in [-0.1, -0.05) is 37.6 Å². The summed E-state index contributed by atoms with van der Waals surface area (Å²) in [6, 6.07) is 7.50. The molecule has 1 aliphatic rings. The molecular weight excluding hydrogens is 262 g/mol. The summed E-state index contributed by atoms with van der Waals surface area (Å²) < 4.78 is 0. The fourth-order valence-electron chi connectivity index (χ4n) is 2.54. The number of aliphatic hydroxyl groups is 1. The summed E-state index contributed by atoms with van der Waals surface area (Å²) >= 11 is 5.89. The predicted molar refractivity (Wildman–Crippen MR) is 76.2 cm³/mol. The molecule has 2 rings (SSSR count). The van der Waals surface area contributed by atoms with Crippen LogP contribution in [0.5, 0.6) is 0 Å². The van der Waals surface area contributed by atoms with Gasteiger partial charge in [0.05, 0.1) is 5.92 Å². The minimum atomic E-state index is -0.128. The van der Waals surface area contributed by atoms with Crippen molar-refractivity contribution in [1.82, 2.24) is 4.90 Å². The maximum absolute atomic E-state index is 12.5. The molecule has 1 unspecified atom stereocenters. The van der Waals surface area contributed by atoms with Crippen LogP contribution >= 0.6 is 11.6 Å². The molecule has 1 atom stereocenters. The van der Waals surface area contributed by atoms with E-state index in [4.69, 9.17) is 16.7 Å². The van der Waals surface area contributed by atoms with E-state index < -0.39 is 0 Å². The Bertz CT molecular complexity index is 438. The van der Waals surface area contributed by atoms with Gasteiger partial charge < -0.3 is 10.0 Å². The van der Waals surface area contributed by atoms with Gasteiger partial charge in [0.1, 0.15) is 0 Å². The quantitative estimate of drug-likeness (QED) is 0.921. The van der Waals surface area contributed by atoms with Gasteiger partial charge in [-0.15, -0.1) is 0 Å². The fraction of sp³-hybridized carbons (Fsp3) is 0.533. The number of benzene rings is 1. The van der Waals surface area contributed by atoms with E-state index in [2.05, 4.69) is 13.8 Å². The zero-order chi connectivity index (χ0) is 14.0. The molecule has 1 aliphatic heterocycles. The van der Waals surface area contributed by atoms with E-state index in [0.29, 0.717) is 18.1 Å². The summed E-state index contributed by atoms with van der Waals surface area (Å²) in [7, 11) is 0. The van der Waals surface area contributed by atoms with E-state index in [-0.39, 0.29) is 30.3 Å². The lowest BCUT2D eigenvalue weighted by Gasteiger charge is -2.41. The van der Waals surface area contributed by atoms with Crippen molar-refractivity contribution in [2.75, 3.05) is 19.7 Å². The van der Waals surface area contributed by atoms with E-state index in [9.17, 15) is 4.79 Å². The summed E-state index contributed by atoms with van der Waals surface area (Å²) in [6.45, 7) is 5.62. The SMILES string of the molecule is CC(C)C(C(=O)N1CC(CO)C1)c1ccc(Cl)cc1. The highest BCUT2D eigenvalue weighted by Crippen LogP contribution is 2.30. The molecule has 0 spiro atoms. The third-order valence-corrected chi connectivity index (χ3v) is 3.94. The zero-order valence-corrected chi connectivity index (χ0v) is 12.1. The second-order valence-electron chi connectivity index (χ2n) is 5.57. The summed E-state index contributed by atoms with van der Waals surface area (Å²) in [5, 5.41) is 9.71. The Hall–Kier alpha value is -1.06. The lowest BCUT2D eigenvalue weighted by Crippen LogP contribution is -2.53. The van der Waals surface area contributed by atoms with Crippen LogP contribution in [-0.4, -0.2) is 35.6 Å². The fourth-order valence-corrected chi connectivity index (χ4v) is 2.67. The second-order valence-corrected chi connectivity index (χ2v) is 6.00. The maximum atomic E-state index is 12.5. The van der Waals surface area contributed by atoms with Gasteiger partial charge in [0, 0.05) is 30.6 Å². The van der Waals surface area contributed by atoms with Crippen molar-refractivity contribution in [1.29, 1.82) is 0 Å². The van der Waals surface area contributed by atoms with Crippen molar-refractivity contribution in [2.45, 2.75) is 19.8 Å². The molecule has 3 nitrogen and oxygen atoms in total. The van der Waals surface area contributed by atoms with Gasteiger partial charge in [-0.25, -0.2) is 0 Å². The highest BCUT2D eigenvalue weighted by molar-refractivity contribution is 6.30. The van der Waals surface area contributed by atoms with Crippen LogP contribution in [0.2, 0.25) is 5.02 Å². The van der Waals surface area contributed by atoms with Crippen molar-refractivity contribution >= 4 is 17.5 Å². The number of aliphatic hydroxyl groups excluding tert-OH is 1. The van der Waals surface area contributed by atoms with Crippen molar-refractivity contribution in [3.63, 3.8) is 0 Å². The van der Waals surface area contributed by atoms with E-state index in [0.717, 1.165) is 5.56 Å². The minimum Gasteiger partial charge on any atom is -0.396 e. The Morgan fingerprint density at radius 2 is 1.95 bits per heavy atom. The van der Waals surface area contributed by atoms with Crippen molar-refractivity contribution in [2.24, 2.45) is 11.8 Å². The molecule has 1 aromatic carbocycles. The first-order valence-electron chi connectivity index (χ1n) is 6.68. The van der Waals surface area contributed by atoms with Crippen LogP contribution in [0.4, 0.5) is 0 Å². The smallest absolute Gasteiger partial charge is 0.230 e. The average molecular weight is 282 g/mol. The third kappa shape index (κ3) is 3.10. The highest BCUT2D eigenvalue weighted by atomic mass is 35.5. The van der Waals surface area contributed by atoms with E-state index in [1.807, 2.05) is 29.2 Å². The third-order valence-electron chi connectivity index (χ3n) is 3.69. The van der Waals surface area contributed by atoms with Crippen LogP contribution < -0.4 is 0 Å². The minimum absolute atomic E-state index is 0.128. The van der Waals surface area contributed by atoms with Gasteiger partial charge in [-0.05, 0) is 23.6 Å². The first-order chi connectivity index (χ1) is 9.02. The lowest BCUT2D eigenvalue weighted by atomic mass is 9.85. The number of rotatable bonds is 4. The number of carbonyl (C=O) groups is 1. The first kappa shape index (κ1) is 14.4. The molecule has 1 N–H and O–H groups in total. The number of halogens is 1. The van der Waals surface area contributed by atoms with Crippen LogP contribution in [0.1, 0.15) is 25.3 Å². The number of carbonyl (C=O) groups excluding carboxylic acids is 1. The Kier molecular flexibility index (Phi) is 4.48. The number of nitrogens with zero attached hydrogens (tertiary/aromatic N) is 1. The molecule has 1 aromatic rings. The largest absolute Gasteiger partial charge is 0.396 e. The van der Waals surface area contributed by atoms with Gasteiger partial charge >= 0.3 is 0 Å². The van der Waals surface area contributed by atoms with Gasteiger partial charge in [-0.2, -0.15) is 0 Å². The van der Waals surface area contributed by atoms with Gasteiger partial charge in [0.15, 0.2) is 0 Å². The monoisotopic (exact) mass is 281 g/mol. The van der Waals surface area contributed by atoms with Gasteiger partial charge in [0.25, 0.3) is 0 Å². The molecule has 1 amide bonds. The average Bonchev–Trinajstić information content (AvgIpc) is 2.30. The topological polar surface area (TPSA) is 40.5 Å². The van der Waals surface area contributed by atoms with Crippen LogP contribution in [0.25, 0.3) is 0 Å². The molecule has 0 bridgehead atoms. The van der Waals surface area contributed by atoms with Crippen LogP contribution in [0, 0.1) is 11.8 Å². The van der Waals surface area contributed by atoms with Gasteiger partial charge in [0.2, 0.25) is 5.91 Å². The van der Waals surface area contributed by atoms with E-state index in [1.165, 1.54) is 0 Å². The molecule has 104 valence electrons. The van der Waals surface area contributed by atoms with E-state index in [1.54, 1.807) is 0 Å². The number of likely N-dealkylation sites (tertiary alicyclic amines) is 1. The Morgan fingerprint density at radius 3 is 2.42 bits per heavy atom. The van der Waals surface area contributed by atoms with Crippen molar-refractivity contribution < 1.29 is 9.90 Å². The predicted octanol–water partition coefficient (Wildman–Crippen LogP) is 2.53. The van der Waals surface area contributed by atoms with Crippen LogP contribution in [0.15, 0.2) is 24.3 Å². The molecule has 1 saturated heterocycles. The van der Waals surface area contributed by atoms with Crippen LogP contribution in [-0.2, 0) is 4.79 Å². The Labute approximate surface area is 119 Å². The maximum Gasteiger partial charge on any atom is 0.230 e. The number of hydrogen-bond acceptors (Lipinski definition) is 2. The molecule has 4 heteroatoms. The standard InChI is InChI=1S/C15H20ClNO2/c1-10(2)14(12-3-5-13(16)6-4-12)15(19)17-7-11(8-17)9-18/h3-6,10-11,14,18H,7-9H2,1-2H3. The van der Waals surface area contributed by atoms with Crippen LogP contribution in [0.3, 0.4) is 0 Å². The zero-order valence-electron chi connectivity index (χ0n) is 11.3. The first-order valence-corrected chi connectivity index (χ1v) is 7.05. The summed E-state index contributed by atoms with van der Waals surface area (Å²) in [5.74, 6) is 0.516. The molecule has 0 saturated carbocycles. The summed E-state index contributed by atoms with van der Waals surface area (Å²) in [4.78, 5) is 14.4. The molecule has 0 aliphatic carbocycles. The highest BCUT2D eigenvalue weighted by Gasteiger charge is 2.35. The molecule has 0 aromatic heterocycles. The summed E-state index contributed by atoms with van der Waals surface area (Å²) in [5.41, 5.74) is 1.01. The Balaban J connectivity index is 2.12. The lowest BCUT2D eigenvalue weighted by molar-refractivity contribution is -0.141. The molecule has 1 fully saturated rings. The Morgan fingerprint density at radius 1 is 1.37 bits per heavy atom. The number of amides is 1. The van der Waals surface area contributed by atoms with Gasteiger partial charge in [-0.3, -0.25) is 4.79 Å². The normalized spacial score (nSPS) is 17.4. The molecule has 19 heavy (non-hydrogen) atoms. The molecule has 0 radical (unpaired) electrons.